The number of carboxylic acid groups (broad SMARTS) is 1. The lowest BCUT2D eigenvalue weighted by atomic mass is 10.2. The van der Waals surface area contributed by atoms with Gasteiger partial charge in [0, 0.05) is 10.1 Å². The van der Waals surface area contributed by atoms with Crippen molar-refractivity contribution in [3.8, 4) is 5.75 Å². The van der Waals surface area contributed by atoms with Crippen molar-refractivity contribution in [2.75, 3.05) is 0 Å². The molecule has 2 rings (SSSR count). The number of rotatable bonds is 4. The van der Waals surface area contributed by atoms with Gasteiger partial charge in [-0.25, -0.2) is 4.79 Å². The maximum atomic E-state index is 10.8. The summed E-state index contributed by atoms with van der Waals surface area (Å²) in [5, 5.41) is 17.0. The predicted octanol–water partition coefficient (Wildman–Crippen LogP) is 2.04. The zero-order chi connectivity index (χ0) is 13.3. The number of nitrogens with two attached hydrogens (primary N) is 1. The smallest absolute Gasteiger partial charge is 0.344 e. The number of hydrogen-bond acceptors (Lipinski definition) is 4. The molecule has 0 aliphatic carbocycles. The largest absolute Gasteiger partial charge is 0.479 e. The quantitative estimate of drug-likeness (QED) is 0.581. The van der Waals surface area contributed by atoms with Crippen LogP contribution in [-0.2, 0) is 4.79 Å². The normalized spacial score (nSPS) is 12.3. The lowest BCUT2D eigenvalue weighted by Crippen LogP contribution is -2.22. The highest BCUT2D eigenvalue weighted by Crippen LogP contribution is 2.33. The lowest BCUT2D eigenvalue weighted by molar-refractivity contribution is -0.144. The van der Waals surface area contributed by atoms with Crippen molar-refractivity contribution in [2.45, 2.75) is 13.0 Å². The first-order valence-corrected chi connectivity index (χ1v) is 6.07. The van der Waals surface area contributed by atoms with Gasteiger partial charge in [-0.05, 0) is 25.1 Å². The minimum atomic E-state index is -1.02. The third-order valence-electron chi connectivity index (χ3n) is 2.44. The van der Waals surface area contributed by atoms with Crippen LogP contribution in [0.3, 0.4) is 0 Å². The summed E-state index contributed by atoms with van der Waals surface area (Å²) in [5.74, 6) is -0.534. The molecule has 2 aromatic rings. The second-order valence-corrected chi connectivity index (χ2v) is 4.87. The van der Waals surface area contributed by atoms with Gasteiger partial charge in [0.2, 0.25) is 0 Å². The van der Waals surface area contributed by atoms with Gasteiger partial charge >= 0.3 is 5.97 Å². The Hall–Kier alpha value is -2.08. The molecule has 4 N–H and O–H groups in total. The standard InChI is InChI=1S/C12H12N2O3S/c1-6(12(15)16)17-8-3-2-4-9-7(8)5-10(18-9)11(13)14/h2-6H,1H3,(H3,13,14)(H,15,16). The molecule has 0 bridgehead atoms. The molecular formula is C12H12N2O3S. The highest BCUT2D eigenvalue weighted by atomic mass is 32.1. The first kappa shape index (κ1) is 12.4. The van der Waals surface area contributed by atoms with Gasteiger partial charge in [0.25, 0.3) is 0 Å². The SMILES string of the molecule is CC(Oc1cccc2sc(C(=N)N)cc12)C(=O)O. The topological polar surface area (TPSA) is 96.4 Å². The molecule has 18 heavy (non-hydrogen) atoms. The van der Waals surface area contributed by atoms with Gasteiger partial charge in [0.1, 0.15) is 11.6 Å². The van der Waals surface area contributed by atoms with E-state index in [2.05, 4.69) is 0 Å². The van der Waals surface area contributed by atoms with Crippen molar-refractivity contribution in [3.63, 3.8) is 0 Å². The average molecular weight is 264 g/mol. The van der Waals surface area contributed by atoms with Crippen LogP contribution in [0.15, 0.2) is 24.3 Å². The van der Waals surface area contributed by atoms with Crippen molar-refractivity contribution in [1.82, 2.24) is 0 Å². The Labute approximate surface area is 107 Å². The Balaban J connectivity index is 2.44. The molecule has 0 spiro atoms. The van der Waals surface area contributed by atoms with Gasteiger partial charge in [-0.1, -0.05) is 6.07 Å². The minimum absolute atomic E-state index is 0.00608. The van der Waals surface area contributed by atoms with Crippen molar-refractivity contribution >= 4 is 33.2 Å². The Kier molecular flexibility index (Phi) is 3.20. The maximum Gasteiger partial charge on any atom is 0.344 e. The fourth-order valence-electron chi connectivity index (χ4n) is 1.51. The van der Waals surface area contributed by atoms with Gasteiger partial charge < -0.3 is 15.6 Å². The number of thiophene rings is 1. The van der Waals surface area contributed by atoms with E-state index in [9.17, 15) is 4.79 Å². The molecule has 0 saturated heterocycles. The predicted molar refractivity (Wildman–Crippen MR) is 70.6 cm³/mol. The Bertz CT molecular complexity index is 621. The summed E-state index contributed by atoms with van der Waals surface area (Å²) in [6.45, 7) is 1.47. The van der Waals surface area contributed by atoms with Crippen LogP contribution in [0.25, 0.3) is 10.1 Å². The lowest BCUT2D eigenvalue weighted by Gasteiger charge is -2.10. The summed E-state index contributed by atoms with van der Waals surface area (Å²) in [6.07, 6.45) is -0.920. The van der Waals surface area contributed by atoms with Crippen LogP contribution in [0, 0.1) is 5.41 Å². The van der Waals surface area contributed by atoms with E-state index in [1.54, 1.807) is 18.2 Å². The molecule has 1 atom stereocenters. The summed E-state index contributed by atoms with van der Waals surface area (Å²) < 4.78 is 6.29. The maximum absolute atomic E-state index is 10.8. The van der Waals surface area contributed by atoms with Crippen molar-refractivity contribution < 1.29 is 14.6 Å². The first-order chi connectivity index (χ1) is 8.49. The number of nitrogen functional groups attached to an aromatic ring is 1. The number of carboxylic acids is 1. The van der Waals surface area contributed by atoms with Gasteiger partial charge in [-0.2, -0.15) is 0 Å². The minimum Gasteiger partial charge on any atom is -0.479 e. The Morgan fingerprint density at radius 2 is 2.28 bits per heavy atom. The molecule has 0 fully saturated rings. The molecule has 0 aliphatic heterocycles. The van der Waals surface area contributed by atoms with E-state index in [-0.39, 0.29) is 5.84 Å². The fourth-order valence-corrected chi connectivity index (χ4v) is 2.45. The zero-order valence-corrected chi connectivity index (χ0v) is 10.5. The molecule has 94 valence electrons. The first-order valence-electron chi connectivity index (χ1n) is 5.25. The monoisotopic (exact) mass is 264 g/mol. The van der Waals surface area contributed by atoms with E-state index >= 15 is 0 Å². The summed E-state index contributed by atoms with van der Waals surface area (Å²) in [4.78, 5) is 11.4. The molecular weight excluding hydrogens is 252 g/mol. The third kappa shape index (κ3) is 2.28. The number of fused-ring (bicyclic) bond motifs is 1. The van der Waals surface area contributed by atoms with E-state index < -0.39 is 12.1 Å². The number of nitrogens with one attached hydrogen (secondary N) is 1. The van der Waals surface area contributed by atoms with Crippen molar-refractivity contribution in [2.24, 2.45) is 5.73 Å². The summed E-state index contributed by atoms with van der Waals surface area (Å²) in [6, 6.07) is 7.11. The van der Waals surface area contributed by atoms with Gasteiger partial charge in [-0.15, -0.1) is 11.3 Å². The number of benzene rings is 1. The van der Waals surface area contributed by atoms with E-state index in [1.807, 2.05) is 6.07 Å². The zero-order valence-electron chi connectivity index (χ0n) is 9.64. The number of hydrogen-bond donors (Lipinski definition) is 3. The molecule has 0 radical (unpaired) electrons. The van der Waals surface area contributed by atoms with Crippen molar-refractivity contribution in [3.05, 3.63) is 29.1 Å². The number of aliphatic carboxylic acids is 1. The summed E-state index contributed by atoms with van der Waals surface area (Å²) in [7, 11) is 0. The second-order valence-electron chi connectivity index (χ2n) is 3.79. The van der Waals surface area contributed by atoms with Gasteiger partial charge in [0.05, 0.1) is 4.88 Å². The van der Waals surface area contributed by atoms with Crippen LogP contribution in [0.2, 0.25) is 0 Å². The molecule has 0 amide bonds. The number of ether oxygens (including phenoxy) is 1. The van der Waals surface area contributed by atoms with Crippen LogP contribution in [0.1, 0.15) is 11.8 Å². The molecule has 0 aliphatic rings. The van der Waals surface area contributed by atoms with Gasteiger partial charge in [0.15, 0.2) is 6.10 Å². The second kappa shape index (κ2) is 4.66. The number of carbonyl (C=O) groups is 1. The van der Waals surface area contributed by atoms with Crippen LogP contribution >= 0.6 is 11.3 Å². The molecule has 6 heteroatoms. The van der Waals surface area contributed by atoms with E-state index in [0.717, 1.165) is 10.1 Å². The van der Waals surface area contributed by atoms with Gasteiger partial charge in [-0.3, -0.25) is 5.41 Å². The van der Waals surface area contributed by atoms with Crippen molar-refractivity contribution in [1.29, 1.82) is 5.41 Å². The molecule has 1 heterocycles. The van der Waals surface area contributed by atoms with E-state index in [4.69, 9.17) is 21.0 Å². The van der Waals surface area contributed by atoms with E-state index in [1.165, 1.54) is 18.3 Å². The summed E-state index contributed by atoms with van der Waals surface area (Å²) >= 11 is 1.38. The molecule has 1 aromatic heterocycles. The Morgan fingerprint density at radius 1 is 1.56 bits per heavy atom. The van der Waals surface area contributed by atoms with E-state index in [0.29, 0.717) is 10.6 Å². The fraction of sp³-hybridized carbons (Fsp3) is 0.167. The summed E-state index contributed by atoms with van der Waals surface area (Å²) in [5.41, 5.74) is 5.44. The molecule has 1 aromatic carbocycles. The van der Waals surface area contributed by atoms with Crippen LogP contribution in [0.4, 0.5) is 0 Å². The molecule has 1 unspecified atom stereocenters. The van der Waals surface area contributed by atoms with Crippen LogP contribution in [0.5, 0.6) is 5.75 Å². The average Bonchev–Trinajstić information content (AvgIpc) is 2.73. The number of amidine groups is 1. The highest BCUT2D eigenvalue weighted by Gasteiger charge is 2.15. The molecule has 5 nitrogen and oxygen atoms in total. The Morgan fingerprint density at radius 3 is 2.89 bits per heavy atom. The highest BCUT2D eigenvalue weighted by molar-refractivity contribution is 7.20. The third-order valence-corrected chi connectivity index (χ3v) is 3.57. The molecule has 0 saturated carbocycles. The van der Waals surface area contributed by atoms with Crippen LogP contribution < -0.4 is 10.5 Å². The van der Waals surface area contributed by atoms with Crippen LogP contribution in [-0.4, -0.2) is 23.0 Å².